The van der Waals surface area contributed by atoms with Crippen molar-refractivity contribution < 1.29 is 0 Å². The number of hydrogen-bond acceptors (Lipinski definition) is 1. The van der Waals surface area contributed by atoms with Crippen LogP contribution in [0.2, 0.25) is 0 Å². The normalized spacial score (nSPS) is 14.1. The Labute approximate surface area is 282 Å². The SMILES string of the molecule is N=C(/N=C(\C=C\c1ccccc1)c1ccccc1)c1ccccc1-c1ccccc1C1=Cc2c(c3c(c4ccccc24)C=CCC3)CC1. The molecular formula is C46H36N2. The summed E-state index contributed by atoms with van der Waals surface area (Å²) in [6.07, 6.45) is 15.4. The molecule has 0 unspecified atom stereocenters. The minimum atomic E-state index is 0.241. The van der Waals surface area contributed by atoms with Crippen molar-refractivity contribution in [3.05, 3.63) is 190 Å². The number of hydrogen-bond donors (Lipinski definition) is 1. The van der Waals surface area contributed by atoms with E-state index >= 15 is 0 Å². The Morgan fingerprint density at radius 3 is 2.00 bits per heavy atom. The van der Waals surface area contributed by atoms with Crippen LogP contribution in [0.3, 0.4) is 0 Å². The summed E-state index contributed by atoms with van der Waals surface area (Å²) in [4.78, 5) is 4.96. The standard InChI is InChI=1S/C46H36N2/c47-46(48-45(33-17-5-2-6-18-33)30-27-32-15-3-1-4-16-32)43-26-14-13-24-40(43)36-20-8-7-19-35(36)34-28-29-42-39-23-10-9-21-37(39)38-22-11-12-25-41(38)44(42)31-34/h1-9,11-22,24-27,30-31,47H,10,23,28-29H2/b30-27+,47-46?,48-45+. The highest BCUT2D eigenvalue weighted by atomic mass is 14.8. The molecule has 0 amide bonds. The van der Waals surface area contributed by atoms with Gasteiger partial charge in [0.15, 0.2) is 5.84 Å². The fourth-order valence-corrected chi connectivity index (χ4v) is 7.33. The summed E-state index contributed by atoms with van der Waals surface area (Å²) in [7, 11) is 0. The smallest absolute Gasteiger partial charge is 0.153 e. The summed E-state index contributed by atoms with van der Waals surface area (Å²) in [5.41, 5.74) is 14.2. The molecule has 6 aromatic rings. The van der Waals surface area contributed by atoms with Crippen molar-refractivity contribution in [3.8, 4) is 11.1 Å². The molecule has 0 radical (unpaired) electrons. The van der Waals surface area contributed by atoms with Crippen molar-refractivity contribution in [1.29, 1.82) is 5.41 Å². The number of rotatable bonds is 6. The maximum atomic E-state index is 9.33. The number of fused-ring (bicyclic) bond motifs is 6. The fraction of sp³-hybridized carbons (Fsp3) is 0.0870. The van der Waals surface area contributed by atoms with Gasteiger partial charge >= 0.3 is 0 Å². The molecule has 1 N–H and O–H groups in total. The zero-order valence-electron chi connectivity index (χ0n) is 26.9. The Hall–Kier alpha value is -5.86. The molecule has 0 bridgehead atoms. The molecule has 8 rings (SSSR count). The van der Waals surface area contributed by atoms with Gasteiger partial charge in [0.1, 0.15) is 0 Å². The van der Waals surface area contributed by atoms with Gasteiger partial charge in [0.25, 0.3) is 0 Å². The first-order valence-corrected chi connectivity index (χ1v) is 16.8. The minimum Gasteiger partial charge on any atom is -0.282 e. The van der Waals surface area contributed by atoms with Gasteiger partial charge in [0, 0.05) is 11.1 Å². The Kier molecular flexibility index (Phi) is 8.06. The summed E-state index contributed by atoms with van der Waals surface area (Å²) >= 11 is 0. The van der Waals surface area contributed by atoms with E-state index in [1.54, 1.807) is 0 Å². The average Bonchev–Trinajstić information content (AvgIpc) is 3.17. The van der Waals surface area contributed by atoms with Crippen molar-refractivity contribution in [2.75, 3.05) is 0 Å². The lowest BCUT2D eigenvalue weighted by Crippen LogP contribution is -2.09. The second-order valence-electron chi connectivity index (χ2n) is 12.5. The van der Waals surface area contributed by atoms with Gasteiger partial charge in [-0.3, -0.25) is 5.41 Å². The average molecular weight is 617 g/mol. The summed E-state index contributed by atoms with van der Waals surface area (Å²) in [6.45, 7) is 0. The van der Waals surface area contributed by atoms with Gasteiger partial charge in [-0.25, -0.2) is 4.99 Å². The fourth-order valence-electron chi connectivity index (χ4n) is 7.33. The first kappa shape index (κ1) is 29.5. The first-order chi connectivity index (χ1) is 23.7. The lowest BCUT2D eigenvalue weighted by molar-refractivity contribution is 0.918. The third kappa shape index (κ3) is 5.67. The molecule has 230 valence electrons. The lowest BCUT2D eigenvalue weighted by Gasteiger charge is -2.26. The van der Waals surface area contributed by atoms with E-state index in [2.05, 4.69) is 97.1 Å². The lowest BCUT2D eigenvalue weighted by atomic mass is 9.78. The van der Waals surface area contributed by atoms with Gasteiger partial charge in [0.2, 0.25) is 0 Å². The van der Waals surface area contributed by atoms with E-state index in [9.17, 15) is 5.41 Å². The Bertz CT molecular complexity index is 2280. The Balaban J connectivity index is 1.22. The highest BCUT2D eigenvalue weighted by Crippen LogP contribution is 2.43. The van der Waals surface area contributed by atoms with E-state index in [0.29, 0.717) is 0 Å². The van der Waals surface area contributed by atoms with Crippen LogP contribution in [-0.2, 0) is 12.8 Å². The van der Waals surface area contributed by atoms with Crippen LogP contribution in [0.25, 0.3) is 45.7 Å². The zero-order chi connectivity index (χ0) is 32.3. The summed E-state index contributed by atoms with van der Waals surface area (Å²) < 4.78 is 0. The van der Waals surface area contributed by atoms with Gasteiger partial charge in [0.05, 0.1) is 5.71 Å². The first-order valence-electron chi connectivity index (χ1n) is 16.8. The van der Waals surface area contributed by atoms with Crippen molar-refractivity contribution in [3.63, 3.8) is 0 Å². The Morgan fingerprint density at radius 1 is 0.583 bits per heavy atom. The van der Waals surface area contributed by atoms with Crippen LogP contribution in [0.5, 0.6) is 0 Å². The Morgan fingerprint density at radius 2 is 1.21 bits per heavy atom. The molecule has 0 atom stereocenters. The molecule has 0 saturated heterocycles. The quantitative estimate of drug-likeness (QED) is 0.143. The van der Waals surface area contributed by atoms with E-state index < -0.39 is 0 Å². The summed E-state index contributed by atoms with van der Waals surface area (Å²) in [5.74, 6) is 0.241. The molecule has 0 fully saturated rings. The molecule has 0 aliphatic heterocycles. The van der Waals surface area contributed by atoms with Crippen molar-refractivity contribution in [2.45, 2.75) is 25.7 Å². The van der Waals surface area contributed by atoms with Gasteiger partial charge < -0.3 is 0 Å². The van der Waals surface area contributed by atoms with Crippen LogP contribution < -0.4 is 0 Å². The maximum Gasteiger partial charge on any atom is 0.153 e. The number of allylic oxidation sites excluding steroid dienone is 3. The molecule has 0 heterocycles. The maximum absolute atomic E-state index is 9.33. The van der Waals surface area contributed by atoms with Gasteiger partial charge in [-0.2, -0.15) is 0 Å². The molecule has 0 saturated carbocycles. The monoisotopic (exact) mass is 616 g/mol. The third-order valence-electron chi connectivity index (χ3n) is 9.61. The number of benzene rings is 6. The van der Waals surface area contributed by atoms with Crippen molar-refractivity contribution in [1.82, 2.24) is 0 Å². The van der Waals surface area contributed by atoms with Crippen LogP contribution in [0.15, 0.2) is 151 Å². The molecule has 0 aromatic heterocycles. The van der Waals surface area contributed by atoms with Gasteiger partial charge in [-0.15, -0.1) is 0 Å². The van der Waals surface area contributed by atoms with Gasteiger partial charge in [-0.05, 0) is 92.6 Å². The summed E-state index contributed by atoms with van der Waals surface area (Å²) in [6, 6.07) is 46.2. The summed E-state index contributed by atoms with van der Waals surface area (Å²) in [5, 5.41) is 12.0. The molecular weight excluding hydrogens is 581 g/mol. The molecule has 2 heteroatoms. The predicted molar refractivity (Wildman–Crippen MR) is 205 cm³/mol. The molecule has 2 aliphatic carbocycles. The van der Waals surface area contributed by atoms with Crippen LogP contribution >= 0.6 is 0 Å². The van der Waals surface area contributed by atoms with Crippen molar-refractivity contribution in [2.24, 2.45) is 4.99 Å². The minimum absolute atomic E-state index is 0.241. The van der Waals surface area contributed by atoms with Crippen LogP contribution in [-0.4, -0.2) is 11.5 Å². The molecule has 0 spiro atoms. The highest BCUT2D eigenvalue weighted by Gasteiger charge is 2.23. The third-order valence-corrected chi connectivity index (χ3v) is 9.61. The van der Waals surface area contributed by atoms with Gasteiger partial charge in [-0.1, -0.05) is 158 Å². The molecule has 48 heavy (non-hydrogen) atoms. The number of nitrogens with one attached hydrogen (secondary N) is 1. The number of aliphatic imine (C=N–C) groups is 1. The van der Waals surface area contributed by atoms with E-state index in [1.165, 1.54) is 44.2 Å². The van der Waals surface area contributed by atoms with Crippen molar-refractivity contribution >= 4 is 46.1 Å². The number of amidine groups is 1. The topological polar surface area (TPSA) is 36.2 Å². The number of nitrogens with zero attached hydrogens (tertiary/aromatic N) is 1. The molecule has 2 aliphatic rings. The highest BCUT2D eigenvalue weighted by molar-refractivity contribution is 6.19. The van der Waals surface area contributed by atoms with E-state index in [0.717, 1.165) is 59.2 Å². The van der Waals surface area contributed by atoms with E-state index in [1.807, 2.05) is 66.7 Å². The van der Waals surface area contributed by atoms with Crippen LogP contribution in [0.1, 0.15) is 57.3 Å². The molecule has 6 aromatic carbocycles. The van der Waals surface area contributed by atoms with E-state index in [4.69, 9.17) is 4.99 Å². The molecule has 2 nitrogen and oxygen atoms in total. The predicted octanol–water partition coefficient (Wildman–Crippen LogP) is 11.5. The van der Waals surface area contributed by atoms with Crippen LogP contribution in [0.4, 0.5) is 0 Å². The second kappa shape index (κ2) is 13.1. The largest absolute Gasteiger partial charge is 0.282 e. The van der Waals surface area contributed by atoms with Crippen LogP contribution in [0, 0.1) is 5.41 Å². The van der Waals surface area contributed by atoms with E-state index in [-0.39, 0.29) is 5.84 Å². The zero-order valence-corrected chi connectivity index (χ0v) is 26.9. The second-order valence-corrected chi connectivity index (χ2v) is 12.5.